The van der Waals surface area contributed by atoms with Crippen LogP contribution in [0.15, 0.2) is 33.5 Å². The van der Waals surface area contributed by atoms with Gasteiger partial charge in [0, 0.05) is 11.5 Å². The highest BCUT2D eigenvalue weighted by Crippen LogP contribution is 2.46. The van der Waals surface area contributed by atoms with Crippen LogP contribution in [0.2, 0.25) is 0 Å². The summed E-state index contributed by atoms with van der Waals surface area (Å²) in [5.74, 6) is -0.988. The zero-order valence-corrected chi connectivity index (χ0v) is 14.2. The second kappa shape index (κ2) is 5.89. The molecular weight excluding hydrogens is 324 g/mol. The predicted molar refractivity (Wildman–Crippen MR) is 89.4 cm³/mol. The lowest BCUT2D eigenvalue weighted by Crippen LogP contribution is -2.30. The SMILES string of the molecule is N#CC1=C(N2C(=O)[C@H]3CC=C(Cl)C[C@@H]3C2=O)CC2=C1CCCCC2. The first-order valence-corrected chi connectivity index (χ1v) is 9.06. The van der Waals surface area contributed by atoms with Crippen LogP contribution in [0.1, 0.15) is 51.4 Å². The molecule has 0 saturated carbocycles. The van der Waals surface area contributed by atoms with Crippen molar-refractivity contribution in [1.82, 2.24) is 4.90 Å². The number of hydrogen-bond acceptors (Lipinski definition) is 3. The van der Waals surface area contributed by atoms with E-state index in [9.17, 15) is 14.9 Å². The monoisotopic (exact) mass is 342 g/mol. The Balaban J connectivity index is 1.70. The Morgan fingerprint density at radius 3 is 2.67 bits per heavy atom. The molecule has 0 radical (unpaired) electrons. The summed E-state index contributed by atoms with van der Waals surface area (Å²) in [5.41, 5.74) is 3.55. The van der Waals surface area contributed by atoms with Crippen molar-refractivity contribution in [3.63, 3.8) is 0 Å². The Labute approximate surface area is 146 Å². The predicted octanol–water partition coefficient (Wildman–Crippen LogP) is 3.95. The van der Waals surface area contributed by atoms with Gasteiger partial charge in [0.25, 0.3) is 0 Å². The maximum absolute atomic E-state index is 12.9. The molecule has 0 spiro atoms. The second-order valence-corrected chi connectivity index (χ2v) is 7.55. The molecule has 1 fully saturated rings. The minimum atomic E-state index is -0.358. The topological polar surface area (TPSA) is 61.2 Å². The Hall–Kier alpha value is -1.86. The van der Waals surface area contributed by atoms with Crippen molar-refractivity contribution in [1.29, 1.82) is 5.26 Å². The van der Waals surface area contributed by atoms with E-state index >= 15 is 0 Å². The number of rotatable bonds is 1. The highest BCUT2D eigenvalue weighted by Gasteiger charge is 2.50. The first kappa shape index (κ1) is 15.7. The van der Waals surface area contributed by atoms with Gasteiger partial charge in [-0.15, -0.1) is 0 Å². The van der Waals surface area contributed by atoms with E-state index in [2.05, 4.69) is 6.07 Å². The quantitative estimate of drug-likeness (QED) is 0.678. The lowest BCUT2D eigenvalue weighted by Gasteiger charge is -2.18. The molecular formula is C19H19ClN2O2. The van der Waals surface area contributed by atoms with Crippen LogP contribution in [0, 0.1) is 23.2 Å². The largest absolute Gasteiger partial charge is 0.274 e. The fraction of sp³-hybridized carbons (Fsp3) is 0.526. The summed E-state index contributed by atoms with van der Waals surface area (Å²) in [4.78, 5) is 27.0. The fourth-order valence-corrected chi connectivity index (χ4v) is 4.78. The molecule has 2 amide bonds. The molecule has 1 heterocycles. The molecule has 0 aromatic rings. The minimum absolute atomic E-state index is 0.147. The summed E-state index contributed by atoms with van der Waals surface area (Å²) in [7, 11) is 0. The average molecular weight is 343 g/mol. The highest BCUT2D eigenvalue weighted by atomic mass is 35.5. The number of fused-ring (bicyclic) bond motifs is 1. The number of nitrogens with zero attached hydrogens (tertiary/aromatic N) is 2. The van der Waals surface area contributed by atoms with Crippen molar-refractivity contribution < 1.29 is 9.59 Å². The first-order chi connectivity index (χ1) is 11.6. The molecule has 0 N–H and O–H groups in total. The summed E-state index contributed by atoms with van der Waals surface area (Å²) >= 11 is 6.08. The van der Waals surface area contributed by atoms with Gasteiger partial charge in [0.2, 0.25) is 11.8 Å². The number of halogens is 1. The Bertz CT molecular complexity index is 769. The van der Waals surface area contributed by atoms with Crippen LogP contribution in [0.5, 0.6) is 0 Å². The van der Waals surface area contributed by atoms with Gasteiger partial charge < -0.3 is 0 Å². The standard InChI is InChI=1S/C19H19ClN2O2/c20-12-6-7-14-15(9-12)19(24)22(18(14)23)17-8-11-4-2-1-3-5-13(11)16(17)10-21/h6,14-15H,1-5,7-9H2/t14-,15-/m0/s1. The van der Waals surface area contributed by atoms with E-state index in [1.54, 1.807) is 0 Å². The Kier molecular flexibility index (Phi) is 3.85. The van der Waals surface area contributed by atoms with Crippen molar-refractivity contribution in [2.24, 2.45) is 11.8 Å². The van der Waals surface area contributed by atoms with E-state index in [4.69, 9.17) is 11.6 Å². The van der Waals surface area contributed by atoms with Crippen LogP contribution in [0.3, 0.4) is 0 Å². The molecule has 3 aliphatic carbocycles. The zero-order chi connectivity index (χ0) is 16.8. The Morgan fingerprint density at radius 1 is 1.12 bits per heavy atom. The third-order valence-corrected chi connectivity index (χ3v) is 6.06. The van der Waals surface area contributed by atoms with Crippen LogP contribution in [-0.4, -0.2) is 16.7 Å². The number of carbonyl (C=O) groups is 2. The van der Waals surface area contributed by atoms with Gasteiger partial charge in [-0.25, -0.2) is 0 Å². The van der Waals surface area contributed by atoms with Gasteiger partial charge in [-0.1, -0.05) is 29.7 Å². The van der Waals surface area contributed by atoms with Crippen LogP contribution >= 0.6 is 11.6 Å². The van der Waals surface area contributed by atoms with Crippen LogP contribution in [0.4, 0.5) is 0 Å². The van der Waals surface area contributed by atoms with Gasteiger partial charge in [0.15, 0.2) is 0 Å². The first-order valence-electron chi connectivity index (χ1n) is 8.68. The number of carbonyl (C=O) groups excluding carboxylic acids is 2. The highest BCUT2D eigenvalue weighted by molar-refractivity contribution is 6.30. The molecule has 0 unspecified atom stereocenters. The summed E-state index contributed by atoms with van der Waals surface area (Å²) in [6.45, 7) is 0. The molecule has 0 aromatic heterocycles. The normalized spacial score (nSPS) is 30.2. The maximum atomic E-state index is 12.9. The number of amides is 2. The minimum Gasteiger partial charge on any atom is -0.274 e. The van der Waals surface area contributed by atoms with Crippen molar-refractivity contribution in [2.45, 2.75) is 51.4 Å². The van der Waals surface area contributed by atoms with Gasteiger partial charge in [0.1, 0.15) is 6.07 Å². The number of imide groups is 1. The molecule has 1 aliphatic heterocycles. The number of allylic oxidation sites excluding steroid dienone is 5. The Morgan fingerprint density at radius 2 is 1.88 bits per heavy atom. The molecule has 4 rings (SSSR count). The van der Waals surface area contributed by atoms with E-state index in [-0.39, 0.29) is 23.7 Å². The molecule has 1 saturated heterocycles. The van der Waals surface area contributed by atoms with E-state index in [0.29, 0.717) is 35.6 Å². The third-order valence-electron chi connectivity index (χ3n) is 5.75. The molecule has 0 bridgehead atoms. The van der Waals surface area contributed by atoms with Crippen LogP contribution in [-0.2, 0) is 9.59 Å². The molecule has 124 valence electrons. The van der Waals surface area contributed by atoms with Crippen LogP contribution in [0.25, 0.3) is 0 Å². The number of nitriles is 1. The van der Waals surface area contributed by atoms with Crippen molar-refractivity contribution >= 4 is 23.4 Å². The smallest absolute Gasteiger partial charge is 0.237 e. The third kappa shape index (κ3) is 2.26. The summed E-state index contributed by atoms with van der Waals surface area (Å²) in [5, 5.41) is 10.3. The van der Waals surface area contributed by atoms with Crippen LogP contribution < -0.4 is 0 Å². The number of hydrogen-bond donors (Lipinski definition) is 0. The lowest BCUT2D eigenvalue weighted by molar-refractivity contribution is -0.137. The van der Waals surface area contributed by atoms with E-state index in [0.717, 1.165) is 31.3 Å². The van der Waals surface area contributed by atoms with E-state index in [1.807, 2.05) is 6.08 Å². The van der Waals surface area contributed by atoms with Crippen molar-refractivity contribution in [3.05, 3.63) is 33.5 Å². The number of likely N-dealkylation sites (tertiary alicyclic amines) is 1. The molecule has 0 aromatic carbocycles. The molecule has 4 aliphatic rings. The summed E-state index contributed by atoms with van der Waals surface area (Å²) < 4.78 is 0. The van der Waals surface area contributed by atoms with Crippen molar-refractivity contribution in [3.8, 4) is 6.07 Å². The molecule has 5 heteroatoms. The lowest BCUT2D eigenvalue weighted by atomic mass is 9.85. The van der Waals surface area contributed by atoms with Gasteiger partial charge in [-0.3, -0.25) is 14.5 Å². The van der Waals surface area contributed by atoms with Gasteiger partial charge in [-0.2, -0.15) is 5.26 Å². The van der Waals surface area contributed by atoms with Crippen molar-refractivity contribution in [2.75, 3.05) is 0 Å². The van der Waals surface area contributed by atoms with E-state index < -0.39 is 0 Å². The molecule has 4 nitrogen and oxygen atoms in total. The van der Waals surface area contributed by atoms with Gasteiger partial charge in [0.05, 0.1) is 23.1 Å². The molecule has 24 heavy (non-hydrogen) atoms. The summed E-state index contributed by atoms with van der Waals surface area (Å²) in [6.07, 6.45) is 8.62. The zero-order valence-electron chi connectivity index (χ0n) is 13.5. The summed E-state index contributed by atoms with van der Waals surface area (Å²) in [6, 6.07) is 2.29. The fourth-order valence-electron chi connectivity index (χ4n) is 4.52. The van der Waals surface area contributed by atoms with Gasteiger partial charge >= 0.3 is 0 Å². The maximum Gasteiger partial charge on any atom is 0.237 e. The average Bonchev–Trinajstić information content (AvgIpc) is 2.90. The van der Waals surface area contributed by atoms with Gasteiger partial charge in [-0.05, 0) is 44.1 Å². The van der Waals surface area contributed by atoms with E-state index in [1.165, 1.54) is 16.9 Å². The second-order valence-electron chi connectivity index (χ2n) is 7.07. The molecule has 2 atom stereocenters.